The van der Waals surface area contributed by atoms with Crippen molar-refractivity contribution in [2.75, 3.05) is 5.33 Å². The molecule has 96 valence electrons. The van der Waals surface area contributed by atoms with Crippen LogP contribution >= 0.6 is 15.9 Å². The van der Waals surface area contributed by atoms with Crippen LogP contribution in [0.25, 0.3) is 0 Å². The molecule has 2 aliphatic carbocycles. The molecule has 0 saturated heterocycles. The molecule has 0 spiro atoms. The topological polar surface area (TPSA) is 17.1 Å². The second-order valence-corrected chi connectivity index (χ2v) is 7.24. The van der Waals surface area contributed by atoms with E-state index in [4.69, 9.17) is 0 Å². The van der Waals surface area contributed by atoms with E-state index in [9.17, 15) is 4.79 Å². The van der Waals surface area contributed by atoms with Gasteiger partial charge in [-0.2, -0.15) is 0 Å². The molecule has 0 bridgehead atoms. The third-order valence-electron chi connectivity index (χ3n) is 5.31. The predicted octanol–water partition coefficient (Wildman–Crippen LogP) is 4.50. The molecule has 0 unspecified atom stereocenters. The van der Waals surface area contributed by atoms with Crippen molar-refractivity contribution < 1.29 is 4.79 Å². The Morgan fingerprint density at radius 2 is 1.94 bits per heavy atom. The second-order valence-electron chi connectivity index (χ2n) is 6.68. The van der Waals surface area contributed by atoms with Crippen molar-refractivity contribution in [3.05, 3.63) is 11.1 Å². The molecule has 0 aromatic heterocycles. The Kier molecular flexibility index (Phi) is 3.31. The lowest BCUT2D eigenvalue weighted by Crippen LogP contribution is -2.47. The normalized spacial score (nSPS) is 37.0. The summed E-state index contributed by atoms with van der Waals surface area (Å²) in [5.74, 6) is 0.893. The van der Waals surface area contributed by atoms with E-state index in [1.54, 1.807) is 0 Å². The van der Waals surface area contributed by atoms with E-state index in [0.717, 1.165) is 17.3 Å². The van der Waals surface area contributed by atoms with Gasteiger partial charge in [0.1, 0.15) is 0 Å². The molecule has 1 nitrogen and oxygen atoms in total. The number of alkyl halides is 1. The van der Waals surface area contributed by atoms with Gasteiger partial charge in [0.2, 0.25) is 0 Å². The zero-order valence-electron chi connectivity index (χ0n) is 11.4. The Morgan fingerprint density at radius 1 is 1.29 bits per heavy atom. The van der Waals surface area contributed by atoms with Gasteiger partial charge in [-0.05, 0) is 47.7 Å². The standard InChI is InChI=1S/C15H23BrO/c1-10-11(9-16)15(4)7-5-6-14(2,3)13(15)8-12(10)17/h13H,5-9H2,1-4H3/t13-,15+/m0/s1. The molecule has 0 N–H and O–H groups in total. The van der Waals surface area contributed by atoms with E-state index >= 15 is 0 Å². The first-order valence-electron chi connectivity index (χ1n) is 6.62. The molecule has 2 rings (SSSR count). The molecule has 0 aliphatic heterocycles. The fourth-order valence-electron chi connectivity index (χ4n) is 4.17. The van der Waals surface area contributed by atoms with Crippen molar-refractivity contribution in [3.63, 3.8) is 0 Å². The Bertz CT molecular complexity index is 380. The van der Waals surface area contributed by atoms with Crippen LogP contribution in [-0.4, -0.2) is 11.1 Å². The van der Waals surface area contributed by atoms with Gasteiger partial charge in [0.05, 0.1) is 0 Å². The third-order valence-corrected chi connectivity index (χ3v) is 5.87. The summed E-state index contributed by atoms with van der Waals surface area (Å²) >= 11 is 3.60. The predicted molar refractivity (Wildman–Crippen MR) is 75.3 cm³/mol. The fourth-order valence-corrected chi connectivity index (χ4v) is 5.23. The van der Waals surface area contributed by atoms with E-state index in [1.807, 2.05) is 6.92 Å². The van der Waals surface area contributed by atoms with Gasteiger partial charge in [0.15, 0.2) is 5.78 Å². The SMILES string of the molecule is CC1=C(CBr)[C@@]2(C)CCCC(C)(C)[C@@H]2CC1=O. The zero-order chi connectivity index (χ0) is 12.8. The summed E-state index contributed by atoms with van der Waals surface area (Å²) in [6.45, 7) is 9.08. The van der Waals surface area contributed by atoms with Gasteiger partial charge in [-0.25, -0.2) is 0 Å². The first kappa shape index (κ1) is 13.3. The minimum Gasteiger partial charge on any atom is -0.295 e. The Balaban J connectivity index is 2.52. The van der Waals surface area contributed by atoms with Crippen molar-refractivity contribution in [2.24, 2.45) is 16.7 Å². The summed E-state index contributed by atoms with van der Waals surface area (Å²) in [6, 6.07) is 0. The number of hydrogen-bond acceptors (Lipinski definition) is 1. The molecule has 1 saturated carbocycles. The fraction of sp³-hybridized carbons (Fsp3) is 0.800. The van der Waals surface area contributed by atoms with Crippen LogP contribution in [0.2, 0.25) is 0 Å². The summed E-state index contributed by atoms with van der Waals surface area (Å²) in [5, 5.41) is 0.855. The smallest absolute Gasteiger partial charge is 0.158 e. The minimum atomic E-state index is 0.239. The molecule has 0 heterocycles. The Hall–Kier alpha value is -0.110. The van der Waals surface area contributed by atoms with Crippen LogP contribution in [0.4, 0.5) is 0 Å². The highest BCUT2D eigenvalue weighted by Gasteiger charge is 2.51. The van der Waals surface area contributed by atoms with Crippen molar-refractivity contribution in [1.82, 2.24) is 0 Å². The number of carbonyl (C=O) groups excluding carboxylic acids is 1. The van der Waals surface area contributed by atoms with Gasteiger partial charge in [0, 0.05) is 11.8 Å². The first-order chi connectivity index (χ1) is 7.83. The van der Waals surface area contributed by atoms with Gasteiger partial charge in [-0.3, -0.25) is 4.79 Å². The van der Waals surface area contributed by atoms with Crippen molar-refractivity contribution >= 4 is 21.7 Å². The van der Waals surface area contributed by atoms with Gasteiger partial charge in [0.25, 0.3) is 0 Å². The molecule has 2 heteroatoms. The number of carbonyl (C=O) groups is 1. The highest BCUT2D eigenvalue weighted by Crippen LogP contribution is 2.58. The molecule has 0 radical (unpaired) electrons. The highest BCUT2D eigenvalue weighted by atomic mass is 79.9. The summed E-state index contributed by atoms with van der Waals surface area (Å²) in [7, 11) is 0. The maximum absolute atomic E-state index is 12.2. The minimum absolute atomic E-state index is 0.239. The third kappa shape index (κ3) is 1.93. The maximum atomic E-state index is 12.2. The molecule has 17 heavy (non-hydrogen) atoms. The van der Waals surface area contributed by atoms with E-state index < -0.39 is 0 Å². The lowest BCUT2D eigenvalue weighted by Gasteiger charge is -2.54. The summed E-state index contributed by atoms with van der Waals surface area (Å²) in [6.07, 6.45) is 4.55. The number of ketones is 1. The molecule has 0 aromatic rings. The van der Waals surface area contributed by atoms with Crippen LogP contribution in [0.3, 0.4) is 0 Å². The average molecular weight is 299 g/mol. The number of fused-ring (bicyclic) bond motifs is 1. The maximum Gasteiger partial charge on any atom is 0.158 e. The number of halogens is 1. The zero-order valence-corrected chi connectivity index (χ0v) is 13.0. The van der Waals surface area contributed by atoms with E-state index in [2.05, 4.69) is 36.7 Å². The molecule has 2 aliphatic rings. The Morgan fingerprint density at radius 3 is 2.53 bits per heavy atom. The summed E-state index contributed by atoms with van der Waals surface area (Å²) in [4.78, 5) is 12.2. The van der Waals surface area contributed by atoms with Crippen molar-refractivity contribution in [2.45, 2.75) is 53.4 Å². The lowest BCUT2D eigenvalue weighted by atomic mass is 9.50. The first-order valence-corrected chi connectivity index (χ1v) is 7.74. The van der Waals surface area contributed by atoms with Crippen LogP contribution in [-0.2, 0) is 4.79 Å². The largest absolute Gasteiger partial charge is 0.295 e. The highest BCUT2D eigenvalue weighted by molar-refractivity contribution is 9.09. The Labute approximate surface area is 113 Å². The van der Waals surface area contributed by atoms with Gasteiger partial charge in [-0.15, -0.1) is 0 Å². The molecule has 2 atom stereocenters. The molecular formula is C15H23BrO. The lowest BCUT2D eigenvalue weighted by molar-refractivity contribution is -0.121. The van der Waals surface area contributed by atoms with E-state index in [1.165, 1.54) is 24.8 Å². The summed E-state index contributed by atoms with van der Waals surface area (Å²) < 4.78 is 0. The number of allylic oxidation sites excluding steroid dienone is 2. The molecule has 1 fully saturated rings. The summed E-state index contributed by atoms with van der Waals surface area (Å²) in [5.41, 5.74) is 2.94. The number of rotatable bonds is 1. The van der Waals surface area contributed by atoms with Crippen LogP contribution in [0.5, 0.6) is 0 Å². The van der Waals surface area contributed by atoms with Crippen molar-refractivity contribution in [1.29, 1.82) is 0 Å². The number of Topliss-reactive ketones (excluding diaryl/α,β-unsaturated/α-hetero) is 1. The van der Waals surface area contributed by atoms with Crippen LogP contribution in [0, 0.1) is 16.7 Å². The number of hydrogen-bond donors (Lipinski definition) is 0. The van der Waals surface area contributed by atoms with Gasteiger partial charge >= 0.3 is 0 Å². The van der Waals surface area contributed by atoms with E-state index in [0.29, 0.717) is 17.1 Å². The average Bonchev–Trinajstić information content (AvgIpc) is 2.22. The van der Waals surface area contributed by atoms with E-state index in [-0.39, 0.29) is 5.41 Å². The monoisotopic (exact) mass is 298 g/mol. The van der Waals surface area contributed by atoms with Crippen molar-refractivity contribution in [3.8, 4) is 0 Å². The quantitative estimate of drug-likeness (QED) is 0.651. The molecule has 0 amide bonds. The van der Waals surface area contributed by atoms with Crippen LogP contribution < -0.4 is 0 Å². The second kappa shape index (κ2) is 4.22. The van der Waals surface area contributed by atoms with Crippen LogP contribution in [0.15, 0.2) is 11.1 Å². The van der Waals surface area contributed by atoms with Crippen LogP contribution in [0.1, 0.15) is 53.4 Å². The van der Waals surface area contributed by atoms with Gasteiger partial charge in [-0.1, -0.05) is 43.1 Å². The van der Waals surface area contributed by atoms with Gasteiger partial charge < -0.3 is 0 Å². The molecular weight excluding hydrogens is 276 g/mol. The molecule has 0 aromatic carbocycles.